The number of carbonyl (C=O) groups excluding carboxylic acids is 4. The summed E-state index contributed by atoms with van der Waals surface area (Å²) in [6.45, 7) is 6.81. The first-order valence-corrected chi connectivity index (χ1v) is 9.06. The summed E-state index contributed by atoms with van der Waals surface area (Å²) in [4.78, 5) is 53.6. The smallest absolute Gasteiger partial charge is 0.324 e. The van der Waals surface area contributed by atoms with Gasteiger partial charge in [-0.05, 0) is 33.3 Å². The second kappa shape index (κ2) is 6.90. The van der Waals surface area contributed by atoms with Crippen molar-refractivity contribution < 1.29 is 19.2 Å². The Morgan fingerprint density at radius 1 is 0.786 bits per heavy atom. The zero-order valence-electron chi connectivity index (χ0n) is 16.5. The van der Waals surface area contributed by atoms with E-state index >= 15 is 0 Å². The molecule has 2 heterocycles. The third-order valence-electron chi connectivity index (χ3n) is 4.82. The lowest BCUT2D eigenvalue weighted by atomic mass is 10.1. The van der Waals surface area contributed by atoms with Gasteiger partial charge in [0.1, 0.15) is 11.1 Å². The van der Waals surface area contributed by atoms with Gasteiger partial charge in [-0.15, -0.1) is 0 Å². The molecule has 9 nitrogen and oxygen atoms in total. The van der Waals surface area contributed by atoms with Crippen molar-refractivity contribution in [2.24, 2.45) is 0 Å². The highest BCUT2D eigenvalue weighted by Gasteiger charge is 2.47. The Hall–Kier alpha value is -2.94. The van der Waals surface area contributed by atoms with Gasteiger partial charge in [-0.1, -0.05) is 30.3 Å². The number of benzene rings is 1. The summed E-state index contributed by atoms with van der Waals surface area (Å²) in [5, 5.41) is 5.27. The van der Waals surface area contributed by atoms with Crippen LogP contribution < -0.4 is 10.6 Å². The van der Waals surface area contributed by atoms with Crippen LogP contribution in [-0.2, 0) is 16.1 Å². The van der Waals surface area contributed by atoms with Gasteiger partial charge in [-0.3, -0.25) is 14.5 Å². The number of nitrogens with zero attached hydrogens (tertiary/aromatic N) is 3. The van der Waals surface area contributed by atoms with Crippen LogP contribution in [0.2, 0.25) is 0 Å². The average molecular weight is 387 g/mol. The molecule has 3 rings (SSSR count). The maximum absolute atomic E-state index is 12.6. The first-order chi connectivity index (χ1) is 13.0. The van der Waals surface area contributed by atoms with E-state index in [9.17, 15) is 19.2 Å². The first-order valence-electron chi connectivity index (χ1n) is 9.06. The van der Waals surface area contributed by atoms with Crippen molar-refractivity contribution in [3.8, 4) is 0 Å². The van der Waals surface area contributed by atoms with Crippen molar-refractivity contribution in [3.05, 3.63) is 35.9 Å². The second-order valence-corrected chi connectivity index (χ2v) is 8.17. The summed E-state index contributed by atoms with van der Waals surface area (Å²) < 4.78 is 0. The summed E-state index contributed by atoms with van der Waals surface area (Å²) in [6, 6.07) is 8.45. The molecule has 1 aromatic carbocycles. The molecule has 6 amide bonds. The molecule has 0 bridgehead atoms. The SMILES string of the molecule is CC1(C)NC(=O)N(CN(Cc2ccccc2)CN2C(=O)NC(C)(C)C2=O)C1=O. The molecule has 2 fully saturated rings. The standard InChI is InChI=1S/C19H25N5O4/c1-18(2)14(25)23(16(27)20-18)11-22(10-13-8-6-5-7-9-13)12-24-15(26)19(3,4)21-17(24)28/h5-9H,10-12H2,1-4H3,(H,20,27)(H,21,28). The van der Waals surface area contributed by atoms with Gasteiger partial charge in [0.15, 0.2) is 0 Å². The number of amides is 6. The minimum atomic E-state index is -0.988. The van der Waals surface area contributed by atoms with Gasteiger partial charge in [0, 0.05) is 6.54 Å². The van der Waals surface area contributed by atoms with Gasteiger partial charge in [0.05, 0.1) is 13.3 Å². The molecule has 0 spiro atoms. The first kappa shape index (κ1) is 19.8. The van der Waals surface area contributed by atoms with Crippen molar-refractivity contribution in [1.29, 1.82) is 0 Å². The highest BCUT2D eigenvalue weighted by Crippen LogP contribution is 2.20. The molecule has 2 aliphatic heterocycles. The van der Waals surface area contributed by atoms with Crippen LogP contribution in [0.4, 0.5) is 9.59 Å². The Bertz CT molecular complexity index is 773. The number of nitrogens with one attached hydrogen (secondary N) is 2. The molecule has 0 aliphatic carbocycles. The van der Waals surface area contributed by atoms with Crippen molar-refractivity contribution in [1.82, 2.24) is 25.3 Å². The van der Waals surface area contributed by atoms with Gasteiger partial charge >= 0.3 is 12.1 Å². The number of hydrogen-bond acceptors (Lipinski definition) is 5. The molecular weight excluding hydrogens is 362 g/mol. The molecule has 150 valence electrons. The van der Waals surface area contributed by atoms with Crippen LogP contribution in [-0.4, -0.2) is 63.0 Å². The number of urea groups is 2. The topological polar surface area (TPSA) is 102 Å². The van der Waals surface area contributed by atoms with Crippen LogP contribution in [0.15, 0.2) is 30.3 Å². The third kappa shape index (κ3) is 3.70. The zero-order chi connectivity index (χ0) is 20.7. The summed E-state index contributed by atoms with van der Waals surface area (Å²) in [6.07, 6.45) is 0. The van der Waals surface area contributed by atoms with Crippen LogP contribution in [0.1, 0.15) is 33.3 Å². The molecule has 0 atom stereocenters. The lowest BCUT2D eigenvalue weighted by Crippen LogP contribution is -2.49. The Balaban J connectivity index is 1.82. The van der Waals surface area contributed by atoms with Crippen molar-refractivity contribution in [2.75, 3.05) is 13.3 Å². The predicted molar refractivity (Wildman–Crippen MR) is 101 cm³/mol. The van der Waals surface area contributed by atoms with Crippen molar-refractivity contribution in [3.63, 3.8) is 0 Å². The van der Waals surface area contributed by atoms with E-state index in [1.807, 2.05) is 30.3 Å². The summed E-state index contributed by atoms with van der Waals surface area (Å²) in [5.41, 5.74) is -1.04. The minimum absolute atomic E-state index is 0.0412. The highest BCUT2D eigenvalue weighted by atomic mass is 16.2. The van der Waals surface area contributed by atoms with Crippen LogP contribution >= 0.6 is 0 Å². The van der Waals surface area contributed by atoms with Gasteiger partial charge in [-0.25, -0.2) is 19.4 Å². The largest absolute Gasteiger partial charge is 0.326 e. The number of imide groups is 2. The highest BCUT2D eigenvalue weighted by molar-refractivity contribution is 6.07. The number of hydrogen-bond donors (Lipinski definition) is 2. The molecule has 0 unspecified atom stereocenters. The van der Waals surface area contributed by atoms with Crippen molar-refractivity contribution >= 4 is 23.9 Å². The van der Waals surface area contributed by atoms with E-state index in [0.29, 0.717) is 6.54 Å². The fourth-order valence-corrected chi connectivity index (χ4v) is 3.28. The fourth-order valence-electron chi connectivity index (χ4n) is 3.28. The molecule has 2 aliphatic rings. The Morgan fingerprint density at radius 2 is 1.21 bits per heavy atom. The fraction of sp³-hybridized carbons (Fsp3) is 0.474. The molecule has 1 aromatic rings. The molecule has 28 heavy (non-hydrogen) atoms. The van der Waals surface area contributed by atoms with Crippen LogP contribution in [0.3, 0.4) is 0 Å². The zero-order valence-corrected chi connectivity index (χ0v) is 16.5. The lowest BCUT2D eigenvalue weighted by molar-refractivity contribution is -0.133. The molecule has 0 aromatic heterocycles. The molecular formula is C19H25N5O4. The van der Waals surface area contributed by atoms with Crippen LogP contribution in [0.25, 0.3) is 0 Å². The van der Waals surface area contributed by atoms with E-state index in [-0.39, 0.29) is 25.2 Å². The van der Waals surface area contributed by atoms with Gasteiger partial charge < -0.3 is 10.6 Å². The van der Waals surface area contributed by atoms with Crippen LogP contribution in [0, 0.1) is 0 Å². The molecule has 9 heteroatoms. The van der Waals surface area contributed by atoms with E-state index in [0.717, 1.165) is 15.4 Å². The maximum atomic E-state index is 12.6. The quantitative estimate of drug-likeness (QED) is 0.711. The van der Waals surface area contributed by atoms with Crippen LogP contribution in [0.5, 0.6) is 0 Å². The lowest BCUT2D eigenvalue weighted by Gasteiger charge is -2.29. The number of rotatable bonds is 6. The monoisotopic (exact) mass is 387 g/mol. The van der Waals surface area contributed by atoms with E-state index < -0.39 is 23.1 Å². The Labute approximate surface area is 163 Å². The normalized spacial score (nSPS) is 20.8. The van der Waals surface area contributed by atoms with Gasteiger partial charge in [0.25, 0.3) is 11.8 Å². The van der Waals surface area contributed by atoms with Gasteiger partial charge in [-0.2, -0.15) is 0 Å². The molecule has 0 radical (unpaired) electrons. The van der Waals surface area contributed by atoms with E-state index in [2.05, 4.69) is 10.6 Å². The molecule has 0 saturated carbocycles. The van der Waals surface area contributed by atoms with Gasteiger partial charge in [0.2, 0.25) is 0 Å². The summed E-state index contributed by atoms with van der Waals surface area (Å²) >= 11 is 0. The van der Waals surface area contributed by atoms with E-state index in [1.165, 1.54) is 0 Å². The second-order valence-electron chi connectivity index (χ2n) is 8.17. The minimum Gasteiger partial charge on any atom is -0.324 e. The molecule has 2 saturated heterocycles. The Morgan fingerprint density at radius 3 is 1.57 bits per heavy atom. The predicted octanol–water partition coefficient (Wildman–Crippen LogP) is 1.06. The van der Waals surface area contributed by atoms with Crippen molar-refractivity contribution in [2.45, 2.75) is 45.3 Å². The molecule has 2 N–H and O–H groups in total. The van der Waals surface area contributed by atoms with E-state index in [4.69, 9.17) is 0 Å². The van der Waals surface area contributed by atoms with E-state index in [1.54, 1.807) is 32.6 Å². The maximum Gasteiger partial charge on any atom is 0.326 e. The summed E-state index contributed by atoms with van der Waals surface area (Å²) in [5.74, 6) is -0.707. The Kier molecular flexibility index (Phi) is 4.88. The third-order valence-corrected chi connectivity index (χ3v) is 4.82. The average Bonchev–Trinajstić information content (AvgIpc) is 2.92. The number of carbonyl (C=O) groups is 4. The summed E-state index contributed by atoms with van der Waals surface area (Å²) in [7, 11) is 0.